The summed E-state index contributed by atoms with van der Waals surface area (Å²) >= 11 is 1.28. The number of aromatic nitrogens is 3. The highest BCUT2D eigenvalue weighted by molar-refractivity contribution is 7.13. The second-order valence-electron chi connectivity index (χ2n) is 17.6. The van der Waals surface area contributed by atoms with Gasteiger partial charge in [0.25, 0.3) is 11.8 Å². The lowest BCUT2D eigenvalue weighted by molar-refractivity contribution is -0.134. The summed E-state index contributed by atoms with van der Waals surface area (Å²) in [5, 5.41) is 10.6. The molecule has 3 fully saturated rings. The number of nitrogens with one attached hydrogen (secondary N) is 3. The van der Waals surface area contributed by atoms with Crippen LogP contribution in [0.1, 0.15) is 101 Å². The van der Waals surface area contributed by atoms with Gasteiger partial charge in [-0.15, -0.1) is 11.3 Å². The summed E-state index contributed by atoms with van der Waals surface area (Å²) in [4.78, 5) is 79.5. The summed E-state index contributed by atoms with van der Waals surface area (Å²) in [5.41, 5.74) is 6.62. The lowest BCUT2D eigenvalue weighted by Gasteiger charge is -2.36. The summed E-state index contributed by atoms with van der Waals surface area (Å²) in [5.74, 6) is -0.963. The summed E-state index contributed by atoms with van der Waals surface area (Å²) in [6.45, 7) is 4.27. The summed E-state index contributed by atoms with van der Waals surface area (Å²) in [6, 6.07) is 18.1. The Bertz CT molecular complexity index is 2580. The van der Waals surface area contributed by atoms with E-state index in [0.717, 1.165) is 88.2 Å². The molecule has 3 saturated heterocycles. The van der Waals surface area contributed by atoms with Crippen molar-refractivity contribution >= 4 is 51.7 Å². The van der Waals surface area contributed by atoms with Crippen LogP contribution in [0.4, 0.5) is 15.2 Å². The molecule has 0 bridgehead atoms. The van der Waals surface area contributed by atoms with Crippen LogP contribution < -0.4 is 16.0 Å². The minimum atomic E-state index is -1.04. The van der Waals surface area contributed by atoms with Crippen LogP contribution in [0.5, 0.6) is 0 Å². The average Bonchev–Trinajstić information content (AvgIpc) is 4.14. The van der Waals surface area contributed by atoms with Crippen molar-refractivity contribution in [3.63, 3.8) is 0 Å². The second-order valence-corrected chi connectivity index (χ2v) is 18.5. The highest BCUT2D eigenvalue weighted by atomic mass is 32.1. The fourth-order valence-electron chi connectivity index (χ4n) is 10.2. The molecule has 5 aliphatic rings. The Kier molecular flexibility index (Phi) is 11.6. The van der Waals surface area contributed by atoms with E-state index < -0.39 is 29.7 Å². The van der Waals surface area contributed by atoms with Gasteiger partial charge in [-0.1, -0.05) is 36.4 Å². The molecule has 5 amide bonds. The van der Waals surface area contributed by atoms with E-state index in [-0.39, 0.29) is 35.4 Å². The predicted octanol–water partition coefficient (Wildman–Crippen LogP) is 6.23. The molecule has 16 heteroatoms. The van der Waals surface area contributed by atoms with Gasteiger partial charge >= 0.3 is 0 Å². The number of hydrogen-bond donors (Lipinski definition) is 3. The number of amides is 5. The number of benzene rings is 3. The van der Waals surface area contributed by atoms with Gasteiger partial charge in [0.1, 0.15) is 11.9 Å². The highest BCUT2D eigenvalue weighted by Gasteiger charge is 2.42. The quantitative estimate of drug-likeness (QED) is 0.131. The number of hydrogen-bond acceptors (Lipinski definition) is 10. The summed E-state index contributed by atoms with van der Waals surface area (Å²) in [7, 11) is 0. The maximum absolute atomic E-state index is 16.0. The Morgan fingerprint density at radius 3 is 2.27 bits per heavy atom. The van der Waals surface area contributed by atoms with Gasteiger partial charge in [-0.3, -0.25) is 39.5 Å². The maximum atomic E-state index is 16.0. The molecule has 0 saturated carbocycles. The second kappa shape index (κ2) is 17.7. The Morgan fingerprint density at radius 1 is 0.844 bits per heavy atom. The molecule has 3 N–H and O–H groups in total. The van der Waals surface area contributed by atoms with Crippen molar-refractivity contribution in [2.75, 3.05) is 43.4 Å². The van der Waals surface area contributed by atoms with Crippen LogP contribution >= 0.6 is 11.3 Å². The van der Waals surface area contributed by atoms with Crippen molar-refractivity contribution in [3.8, 4) is 11.1 Å². The normalized spacial score (nSPS) is 20.0. The van der Waals surface area contributed by atoms with Gasteiger partial charge in [-0.25, -0.2) is 14.4 Å². The van der Waals surface area contributed by atoms with E-state index in [1.54, 1.807) is 24.0 Å². The lowest BCUT2D eigenvalue weighted by Crippen LogP contribution is -2.47. The van der Waals surface area contributed by atoms with Gasteiger partial charge in [-0.2, -0.15) is 0 Å². The fraction of sp³-hybridized carbons (Fsp3) is 0.396. The van der Waals surface area contributed by atoms with Crippen LogP contribution in [-0.2, 0) is 38.7 Å². The van der Waals surface area contributed by atoms with Gasteiger partial charge < -0.3 is 19.7 Å². The van der Waals surface area contributed by atoms with E-state index in [2.05, 4.69) is 55.1 Å². The molecule has 1 unspecified atom stereocenters. The molecule has 64 heavy (non-hydrogen) atoms. The van der Waals surface area contributed by atoms with Crippen molar-refractivity contribution < 1.29 is 28.4 Å². The monoisotopic (exact) mass is 883 g/mol. The van der Waals surface area contributed by atoms with Crippen LogP contribution in [0.3, 0.4) is 0 Å². The van der Waals surface area contributed by atoms with E-state index in [1.807, 2.05) is 33.7 Å². The standard InChI is InChI=1S/C48H50FN9O5S/c49-38-25-34(24-36-37(38)26-58(47(36)63)44(46(62)54-48-50-17-23-64-48)43-40-2-1-18-57(40)28-51-43)31-5-3-29(4-6-31)32-13-19-55(20-14-32)27-42(60)56-21-15-33(16-22-56)30-7-9-35(10-8-30)52-39-11-12-41(59)53-45(39)61/h3-10,17,23-25,28,32-33,39,44,52H,1-2,11-16,18-22,26-27H2,(H,50,54,62)(H,53,59,61)/t39?,44-/m1/s1. The highest BCUT2D eigenvalue weighted by Crippen LogP contribution is 2.39. The number of thiazole rings is 1. The molecule has 5 aromatic rings. The lowest BCUT2D eigenvalue weighted by atomic mass is 9.88. The van der Waals surface area contributed by atoms with Gasteiger partial charge in [-0.05, 0) is 116 Å². The van der Waals surface area contributed by atoms with Gasteiger partial charge in [0, 0.05) is 60.1 Å². The number of nitrogens with zero attached hydrogens (tertiary/aromatic N) is 6. The Balaban J connectivity index is 0.721. The average molecular weight is 884 g/mol. The van der Waals surface area contributed by atoms with E-state index in [1.165, 1.54) is 33.4 Å². The van der Waals surface area contributed by atoms with Crippen LogP contribution in [0.25, 0.3) is 11.1 Å². The van der Waals surface area contributed by atoms with Crippen molar-refractivity contribution in [1.29, 1.82) is 0 Å². The van der Waals surface area contributed by atoms with E-state index in [4.69, 9.17) is 0 Å². The number of halogens is 1. The molecule has 0 aliphatic carbocycles. The number of rotatable bonds is 11. The summed E-state index contributed by atoms with van der Waals surface area (Å²) < 4.78 is 18.0. The topological polar surface area (TPSA) is 162 Å². The number of imidazole rings is 1. The number of piperidine rings is 3. The SMILES string of the molecule is O=C1CCC(Nc2ccc(C3CCN(C(=O)CN4CCC(c5ccc(-c6cc(F)c7c(c6)C(=O)N([C@@H](C(=O)Nc6nccs6)c6ncn8c6CCC8)C7)cc5)CC4)CC3)cc2)C(=O)N1. The zero-order valence-electron chi connectivity index (χ0n) is 35.4. The molecular weight excluding hydrogens is 834 g/mol. The predicted molar refractivity (Wildman–Crippen MR) is 239 cm³/mol. The molecule has 330 valence electrons. The largest absolute Gasteiger partial charge is 0.374 e. The zero-order chi connectivity index (χ0) is 43.9. The van der Waals surface area contributed by atoms with Crippen LogP contribution in [0.15, 0.2) is 78.6 Å². The molecule has 0 radical (unpaired) electrons. The van der Waals surface area contributed by atoms with Crippen LogP contribution in [-0.4, -0.2) is 97.5 Å². The Morgan fingerprint density at radius 2 is 1.56 bits per heavy atom. The minimum absolute atomic E-state index is 0.0460. The first-order valence-electron chi connectivity index (χ1n) is 22.3. The van der Waals surface area contributed by atoms with E-state index in [0.29, 0.717) is 47.6 Å². The third-order valence-electron chi connectivity index (χ3n) is 13.8. The molecule has 10 rings (SSSR count). The molecule has 3 aromatic carbocycles. The Labute approximate surface area is 374 Å². The number of carbonyl (C=O) groups is 5. The zero-order valence-corrected chi connectivity index (χ0v) is 36.2. The number of aryl methyl sites for hydroxylation is 1. The molecule has 2 aromatic heterocycles. The van der Waals surface area contributed by atoms with Gasteiger partial charge in [0.05, 0.1) is 25.1 Å². The van der Waals surface area contributed by atoms with Crippen molar-refractivity contribution in [2.45, 2.75) is 88.4 Å². The van der Waals surface area contributed by atoms with Crippen LogP contribution in [0, 0.1) is 5.82 Å². The van der Waals surface area contributed by atoms with Crippen molar-refractivity contribution in [1.82, 2.24) is 34.6 Å². The maximum Gasteiger partial charge on any atom is 0.255 e. The van der Waals surface area contributed by atoms with E-state index in [9.17, 15) is 24.0 Å². The fourth-order valence-corrected chi connectivity index (χ4v) is 10.7. The number of fused-ring (bicyclic) bond motifs is 2. The molecule has 0 spiro atoms. The smallest absolute Gasteiger partial charge is 0.255 e. The molecular formula is C48H50FN9O5S. The third-order valence-corrected chi connectivity index (χ3v) is 14.4. The first-order chi connectivity index (χ1) is 31.1. The molecule has 7 heterocycles. The minimum Gasteiger partial charge on any atom is -0.374 e. The molecule has 2 atom stereocenters. The number of carbonyl (C=O) groups excluding carboxylic acids is 5. The van der Waals surface area contributed by atoms with Gasteiger partial charge in [0.2, 0.25) is 17.7 Å². The van der Waals surface area contributed by atoms with Gasteiger partial charge in [0.15, 0.2) is 11.2 Å². The first-order valence-corrected chi connectivity index (χ1v) is 23.2. The number of likely N-dealkylation sites (tertiary alicyclic amines) is 2. The number of anilines is 2. The third kappa shape index (κ3) is 8.43. The number of imide groups is 1. The Hall–Kier alpha value is -6.26. The summed E-state index contributed by atoms with van der Waals surface area (Å²) in [6.07, 6.45) is 9.45. The molecule has 5 aliphatic heterocycles. The molecule has 14 nitrogen and oxygen atoms in total. The first kappa shape index (κ1) is 41.7. The van der Waals surface area contributed by atoms with Crippen molar-refractivity contribution in [3.05, 3.63) is 118 Å². The van der Waals surface area contributed by atoms with Crippen molar-refractivity contribution in [2.24, 2.45) is 0 Å². The van der Waals surface area contributed by atoms with Crippen LogP contribution in [0.2, 0.25) is 0 Å². The van der Waals surface area contributed by atoms with E-state index >= 15 is 4.39 Å².